The molecule has 1 N–H and O–H groups in total. The van der Waals surface area contributed by atoms with Gasteiger partial charge in [0.05, 0.1) is 31.2 Å². The molecule has 1 amide bonds. The van der Waals surface area contributed by atoms with Gasteiger partial charge in [0, 0.05) is 5.75 Å². The van der Waals surface area contributed by atoms with Gasteiger partial charge in [-0.3, -0.25) is 4.79 Å². The predicted octanol–water partition coefficient (Wildman–Crippen LogP) is 3.66. The highest BCUT2D eigenvalue weighted by Crippen LogP contribution is 2.25. The standard InChI is InChI=1S/C19H21NO4S/c1-13-7-8-17(23-2)16(9-13)20-18(21)12-25-11-14-5-4-6-15(10-14)19(22)24-3/h4-10H,11-12H2,1-3H3,(H,20,21). The first-order valence-electron chi connectivity index (χ1n) is 7.73. The topological polar surface area (TPSA) is 64.6 Å². The van der Waals surface area contributed by atoms with Gasteiger partial charge in [-0.15, -0.1) is 11.8 Å². The molecular weight excluding hydrogens is 338 g/mol. The van der Waals surface area contributed by atoms with Crippen molar-refractivity contribution in [2.75, 3.05) is 25.3 Å². The van der Waals surface area contributed by atoms with Crippen LogP contribution >= 0.6 is 11.8 Å². The number of thioether (sulfide) groups is 1. The fourth-order valence-corrected chi connectivity index (χ4v) is 3.05. The Hall–Kier alpha value is -2.47. The van der Waals surface area contributed by atoms with Crippen LogP contribution in [0.2, 0.25) is 0 Å². The van der Waals surface area contributed by atoms with Gasteiger partial charge in [0.15, 0.2) is 0 Å². The van der Waals surface area contributed by atoms with Crippen LogP contribution in [0.5, 0.6) is 5.75 Å². The van der Waals surface area contributed by atoms with Gasteiger partial charge in [-0.2, -0.15) is 0 Å². The third-order valence-corrected chi connectivity index (χ3v) is 4.48. The van der Waals surface area contributed by atoms with E-state index < -0.39 is 0 Å². The summed E-state index contributed by atoms with van der Waals surface area (Å²) in [5, 5.41) is 2.87. The first-order chi connectivity index (χ1) is 12.0. The molecule has 0 spiro atoms. The number of nitrogens with one attached hydrogen (secondary N) is 1. The number of hydrogen-bond donors (Lipinski definition) is 1. The van der Waals surface area contributed by atoms with Gasteiger partial charge < -0.3 is 14.8 Å². The number of aryl methyl sites for hydroxylation is 1. The molecule has 2 aromatic carbocycles. The fourth-order valence-electron chi connectivity index (χ4n) is 2.27. The number of amides is 1. The summed E-state index contributed by atoms with van der Waals surface area (Å²) in [5.41, 5.74) is 3.19. The Kier molecular flexibility index (Phi) is 6.89. The van der Waals surface area contributed by atoms with Crippen molar-refractivity contribution < 1.29 is 19.1 Å². The number of carbonyl (C=O) groups excluding carboxylic acids is 2. The molecule has 0 saturated heterocycles. The highest BCUT2D eigenvalue weighted by molar-refractivity contribution is 7.99. The van der Waals surface area contributed by atoms with E-state index in [1.807, 2.05) is 31.2 Å². The van der Waals surface area contributed by atoms with E-state index in [1.54, 1.807) is 25.3 Å². The summed E-state index contributed by atoms with van der Waals surface area (Å²) in [6, 6.07) is 12.8. The molecular formula is C19H21NO4S. The second kappa shape index (κ2) is 9.13. The minimum atomic E-state index is -0.365. The van der Waals surface area contributed by atoms with Gasteiger partial charge in [-0.1, -0.05) is 18.2 Å². The summed E-state index contributed by atoms with van der Waals surface area (Å²) in [6.45, 7) is 1.96. The third-order valence-electron chi connectivity index (χ3n) is 3.48. The van der Waals surface area contributed by atoms with E-state index in [0.717, 1.165) is 11.1 Å². The largest absolute Gasteiger partial charge is 0.495 e. The highest BCUT2D eigenvalue weighted by atomic mass is 32.2. The quantitative estimate of drug-likeness (QED) is 0.764. The van der Waals surface area contributed by atoms with Crippen LogP contribution in [0.1, 0.15) is 21.5 Å². The molecule has 5 nitrogen and oxygen atoms in total. The zero-order valence-corrected chi connectivity index (χ0v) is 15.3. The second-order valence-electron chi connectivity index (χ2n) is 5.44. The van der Waals surface area contributed by atoms with E-state index in [0.29, 0.717) is 28.5 Å². The molecule has 2 aromatic rings. The van der Waals surface area contributed by atoms with Crippen molar-refractivity contribution in [2.45, 2.75) is 12.7 Å². The van der Waals surface area contributed by atoms with E-state index >= 15 is 0 Å². The zero-order valence-electron chi connectivity index (χ0n) is 14.5. The Morgan fingerprint density at radius 3 is 2.64 bits per heavy atom. The molecule has 0 aromatic heterocycles. The van der Waals surface area contributed by atoms with Crippen LogP contribution in [0, 0.1) is 6.92 Å². The Labute approximate surface area is 151 Å². The second-order valence-corrected chi connectivity index (χ2v) is 6.42. The number of ether oxygens (including phenoxy) is 2. The maximum Gasteiger partial charge on any atom is 0.337 e. The summed E-state index contributed by atoms with van der Waals surface area (Å²) >= 11 is 1.47. The number of hydrogen-bond acceptors (Lipinski definition) is 5. The Balaban J connectivity index is 1.89. The van der Waals surface area contributed by atoms with Crippen molar-refractivity contribution in [3.63, 3.8) is 0 Å². The average Bonchev–Trinajstić information content (AvgIpc) is 2.61. The summed E-state index contributed by atoms with van der Waals surface area (Å²) in [6.07, 6.45) is 0. The smallest absolute Gasteiger partial charge is 0.337 e. The van der Waals surface area contributed by atoms with Crippen molar-refractivity contribution in [1.82, 2.24) is 0 Å². The summed E-state index contributed by atoms with van der Waals surface area (Å²) in [5.74, 6) is 1.10. The molecule has 0 aliphatic heterocycles. The van der Waals surface area contributed by atoms with Crippen LogP contribution in [0.4, 0.5) is 5.69 Å². The molecule has 0 bridgehead atoms. The van der Waals surface area contributed by atoms with E-state index in [4.69, 9.17) is 9.47 Å². The molecule has 0 atom stereocenters. The number of methoxy groups -OCH3 is 2. The predicted molar refractivity (Wildman–Crippen MR) is 100 cm³/mol. The summed E-state index contributed by atoms with van der Waals surface area (Å²) < 4.78 is 9.97. The molecule has 25 heavy (non-hydrogen) atoms. The van der Waals surface area contributed by atoms with E-state index in [-0.39, 0.29) is 11.9 Å². The number of carbonyl (C=O) groups is 2. The van der Waals surface area contributed by atoms with Gasteiger partial charge in [0.1, 0.15) is 5.75 Å². The van der Waals surface area contributed by atoms with E-state index in [2.05, 4.69) is 5.32 Å². The third kappa shape index (κ3) is 5.53. The summed E-state index contributed by atoms with van der Waals surface area (Å²) in [4.78, 5) is 23.7. The SMILES string of the molecule is COC(=O)c1cccc(CSCC(=O)Nc2cc(C)ccc2OC)c1. The van der Waals surface area contributed by atoms with Crippen molar-refractivity contribution in [2.24, 2.45) is 0 Å². The van der Waals surface area contributed by atoms with E-state index in [1.165, 1.54) is 18.9 Å². The van der Waals surface area contributed by atoms with Crippen LogP contribution in [0.25, 0.3) is 0 Å². The lowest BCUT2D eigenvalue weighted by atomic mass is 10.1. The van der Waals surface area contributed by atoms with Gasteiger partial charge in [-0.05, 0) is 42.3 Å². The van der Waals surface area contributed by atoms with Crippen molar-refractivity contribution >= 4 is 29.3 Å². The van der Waals surface area contributed by atoms with Gasteiger partial charge in [0.2, 0.25) is 5.91 Å². The van der Waals surface area contributed by atoms with Crippen LogP contribution in [0.15, 0.2) is 42.5 Å². The van der Waals surface area contributed by atoms with Crippen molar-refractivity contribution in [1.29, 1.82) is 0 Å². The normalized spacial score (nSPS) is 10.2. The molecule has 0 fully saturated rings. The van der Waals surface area contributed by atoms with Crippen molar-refractivity contribution in [3.8, 4) is 5.75 Å². The lowest BCUT2D eigenvalue weighted by molar-refractivity contribution is -0.113. The number of benzene rings is 2. The number of anilines is 1. The lowest BCUT2D eigenvalue weighted by Gasteiger charge is -2.11. The van der Waals surface area contributed by atoms with Gasteiger partial charge in [0.25, 0.3) is 0 Å². The maximum absolute atomic E-state index is 12.1. The fraction of sp³-hybridized carbons (Fsp3) is 0.263. The molecule has 0 saturated carbocycles. The Bertz CT molecular complexity index is 761. The van der Waals surface area contributed by atoms with Gasteiger partial charge >= 0.3 is 5.97 Å². The molecule has 0 heterocycles. The highest BCUT2D eigenvalue weighted by Gasteiger charge is 2.09. The summed E-state index contributed by atoms with van der Waals surface area (Å²) in [7, 11) is 2.93. The van der Waals surface area contributed by atoms with Crippen LogP contribution in [-0.2, 0) is 15.3 Å². The molecule has 0 aliphatic carbocycles. The monoisotopic (exact) mass is 359 g/mol. The molecule has 0 aliphatic rings. The molecule has 6 heteroatoms. The molecule has 0 unspecified atom stereocenters. The Morgan fingerprint density at radius 1 is 1.12 bits per heavy atom. The maximum atomic E-state index is 12.1. The first kappa shape index (κ1) is 18.9. The average molecular weight is 359 g/mol. The Morgan fingerprint density at radius 2 is 1.92 bits per heavy atom. The van der Waals surface area contributed by atoms with E-state index in [9.17, 15) is 9.59 Å². The van der Waals surface area contributed by atoms with Gasteiger partial charge in [-0.25, -0.2) is 4.79 Å². The number of esters is 1. The van der Waals surface area contributed by atoms with Crippen LogP contribution in [0.3, 0.4) is 0 Å². The van der Waals surface area contributed by atoms with Crippen LogP contribution < -0.4 is 10.1 Å². The minimum absolute atomic E-state index is 0.0991. The minimum Gasteiger partial charge on any atom is -0.495 e. The zero-order chi connectivity index (χ0) is 18.2. The lowest BCUT2D eigenvalue weighted by Crippen LogP contribution is -2.15. The molecule has 0 radical (unpaired) electrons. The molecule has 132 valence electrons. The number of rotatable bonds is 7. The van der Waals surface area contributed by atoms with Crippen LogP contribution in [-0.4, -0.2) is 31.8 Å². The molecule has 2 rings (SSSR count). The first-order valence-corrected chi connectivity index (χ1v) is 8.88. The van der Waals surface area contributed by atoms with Crippen molar-refractivity contribution in [3.05, 3.63) is 59.2 Å².